The predicted molar refractivity (Wildman–Crippen MR) is 55.1 cm³/mol. The molecular formula is C12H13NZr. The zero-order valence-electron chi connectivity index (χ0n) is 7.93. The van der Waals surface area contributed by atoms with Crippen LogP contribution in [-0.4, -0.2) is 0 Å². The number of hydrogen-bond donors (Lipinski definition) is 1. The summed E-state index contributed by atoms with van der Waals surface area (Å²) >= 11 is 0. The number of allylic oxidation sites excluding steroid dienone is 2. The van der Waals surface area contributed by atoms with Gasteiger partial charge in [-0.25, -0.2) is 0 Å². The molecule has 1 aliphatic carbocycles. The van der Waals surface area contributed by atoms with Gasteiger partial charge < -0.3 is 5.73 Å². The van der Waals surface area contributed by atoms with E-state index in [0.717, 1.165) is 0 Å². The SMILES string of the molecule is NC(c1ccccc1)C1C=CC=C1.[Zr]. The third-order valence-electron chi connectivity index (χ3n) is 2.38. The van der Waals surface area contributed by atoms with E-state index < -0.39 is 0 Å². The molecule has 1 aromatic rings. The molecule has 1 unspecified atom stereocenters. The van der Waals surface area contributed by atoms with Gasteiger partial charge in [0.2, 0.25) is 0 Å². The van der Waals surface area contributed by atoms with Crippen molar-refractivity contribution in [1.82, 2.24) is 0 Å². The first-order valence-electron chi connectivity index (χ1n) is 4.53. The van der Waals surface area contributed by atoms with Crippen LogP contribution in [0.2, 0.25) is 0 Å². The van der Waals surface area contributed by atoms with Gasteiger partial charge in [-0.1, -0.05) is 54.6 Å². The van der Waals surface area contributed by atoms with Crippen LogP contribution < -0.4 is 5.73 Å². The monoisotopic (exact) mass is 261 g/mol. The van der Waals surface area contributed by atoms with E-state index in [2.05, 4.69) is 24.3 Å². The van der Waals surface area contributed by atoms with E-state index in [1.54, 1.807) is 0 Å². The van der Waals surface area contributed by atoms with Gasteiger partial charge in [-0.15, -0.1) is 0 Å². The number of benzene rings is 1. The largest absolute Gasteiger partial charge is 0.323 e. The molecule has 0 saturated carbocycles. The van der Waals surface area contributed by atoms with Crippen LogP contribution in [0.15, 0.2) is 54.6 Å². The molecule has 0 amide bonds. The van der Waals surface area contributed by atoms with Gasteiger partial charge in [0, 0.05) is 38.2 Å². The van der Waals surface area contributed by atoms with Crippen LogP contribution in [0.25, 0.3) is 0 Å². The van der Waals surface area contributed by atoms with E-state index in [-0.39, 0.29) is 32.2 Å². The molecular weight excluding hydrogens is 249 g/mol. The van der Waals surface area contributed by atoms with E-state index in [9.17, 15) is 0 Å². The van der Waals surface area contributed by atoms with Crippen molar-refractivity contribution in [2.75, 3.05) is 0 Å². The maximum absolute atomic E-state index is 6.10. The van der Waals surface area contributed by atoms with Crippen LogP contribution in [0.1, 0.15) is 11.6 Å². The Bertz CT molecular complexity index is 317. The fourth-order valence-corrected chi connectivity index (χ4v) is 1.59. The van der Waals surface area contributed by atoms with Crippen molar-refractivity contribution < 1.29 is 26.2 Å². The minimum atomic E-state index is 0. The second kappa shape index (κ2) is 5.43. The standard InChI is InChI=1S/C12H13N.Zr/c13-12(11-8-4-5-9-11)10-6-2-1-3-7-10;/h1-9,11-12H,13H2;. The van der Waals surface area contributed by atoms with Crippen molar-refractivity contribution in [1.29, 1.82) is 0 Å². The van der Waals surface area contributed by atoms with E-state index in [1.807, 2.05) is 30.4 Å². The van der Waals surface area contributed by atoms with Gasteiger partial charge in [0.1, 0.15) is 0 Å². The molecule has 0 radical (unpaired) electrons. The van der Waals surface area contributed by atoms with Crippen LogP contribution >= 0.6 is 0 Å². The van der Waals surface area contributed by atoms with E-state index >= 15 is 0 Å². The second-order valence-electron chi connectivity index (χ2n) is 3.28. The fraction of sp³-hybridized carbons (Fsp3) is 0.167. The predicted octanol–water partition coefficient (Wildman–Crippen LogP) is 2.43. The van der Waals surface area contributed by atoms with E-state index in [1.165, 1.54) is 5.56 Å². The Morgan fingerprint density at radius 2 is 1.57 bits per heavy atom. The molecule has 70 valence electrons. The number of rotatable bonds is 2. The molecule has 1 nitrogen and oxygen atoms in total. The summed E-state index contributed by atoms with van der Waals surface area (Å²) in [6, 6.07) is 10.3. The van der Waals surface area contributed by atoms with Crippen molar-refractivity contribution in [2.45, 2.75) is 6.04 Å². The first-order chi connectivity index (χ1) is 6.38. The molecule has 0 aromatic heterocycles. The zero-order valence-corrected chi connectivity index (χ0v) is 10.4. The number of nitrogens with two attached hydrogens (primary N) is 1. The normalized spacial score (nSPS) is 16.6. The molecule has 1 aromatic carbocycles. The zero-order chi connectivity index (χ0) is 9.10. The molecule has 1 atom stereocenters. The summed E-state index contributed by atoms with van der Waals surface area (Å²) in [5.74, 6) is 0.363. The molecule has 0 aliphatic heterocycles. The van der Waals surface area contributed by atoms with Gasteiger partial charge >= 0.3 is 0 Å². The summed E-state index contributed by atoms with van der Waals surface area (Å²) in [6.07, 6.45) is 8.37. The average molecular weight is 262 g/mol. The van der Waals surface area contributed by atoms with Crippen LogP contribution in [0.4, 0.5) is 0 Å². The number of hydrogen-bond acceptors (Lipinski definition) is 1. The van der Waals surface area contributed by atoms with E-state index in [0.29, 0.717) is 5.92 Å². The minimum Gasteiger partial charge on any atom is -0.323 e. The topological polar surface area (TPSA) is 26.0 Å². The molecule has 0 fully saturated rings. The molecule has 0 saturated heterocycles. The Labute approximate surface area is 104 Å². The minimum absolute atomic E-state index is 0. The summed E-state index contributed by atoms with van der Waals surface area (Å²) in [4.78, 5) is 0. The molecule has 0 spiro atoms. The van der Waals surface area contributed by atoms with Crippen LogP contribution in [0.5, 0.6) is 0 Å². The van der Waals surface area contributed by atoms with Crippen LogP contribution in [0.3, 0.4) is 0 Å². The Hall–Kier alpha value is -0.457. The molecule has 0 bridgehead atoms. The van der Waals surface area contributed by atoms with E-state index in [4.69, 9.17) is 5.73 Å². The quantitative estimate of drug-likeness (QED) is 0.870. The molecule has 2 heteroatoms. The first-order valence-corrected chi connectivity index (χ1v) is 4.53. The van der Waals surface area contributed by atoms with Gasteiger partial charge in [-0.2, -0.15) is 0 Å². The Kier molecular flexibility index (Phi) is 4.51. The maximum atomic E-state index is 6.10. The van der Waals surface area contributed by atoms with Crippen molar-refractivity contribution in [3.8, 4) is 0 Å². The fourth-order valence-electron chi connectivity index (χ4n) is 1.59. The van der Waals surface area contributed by atoms with Crippen molar-refractivity contribution >= 4 is 0 Å². The van der Waals surface area contributed by atoms with Crippen LogP contribution in [0, 0.1) is 5.92 Å². The smallest absolute Gasteiger partial charge is 0.0393 e. The Balaban J connectivity index is 0.000000980. The summed E-state index contributed by atoms with van der Waals surface area (Å²) < 4.78 is 0. The molecule has 14 heavy (non-hydrogen) atoms. The third-order valence-corrected chi connectivity index (χ3v) is 2.38. The second-order valence-corrected chi connectivity index (χ2v) is 3.28. The van der Waals surface area contributed by atoms with Crippen LogP contribution in [-0.2, 0) is 26.2 Å². The average Bonchev–Trinajstić information content (AvgIpc) is 2.71. The Morgan fingerprint density at radius 3 is 2.14 bits per heavy atom. The van der Waals surface area contributed by atoms with Gasteiger partial charge in [-0.3, -0.25) is 0 Å². The summed E-state index contributed by atoms with van der Waals surface area (Å²) in [5, 5.41) is 0. The van der Waals surface area contributed by atoms with Crippen molar-refractivity contribution in [3.05, 3.63) is 60.2 Å². The summed E-state index contributed by atoms with van der Waals surface area (Å²) in [6.45, 7) is 0. The van der Waals surface area contributed by atoms with Crippen molar-refractivity contribution in [2.24, 2.45) is 11.7 Å². The summed E-state index contributed by atoms with van der Waals surface area (Å²) in [7, 11) is 0. The molecule has 2 N–H and O–H groups in total. The Morgan fingerprint density at radius 1 is 1.00 bits per heavy atom. The molecule has 0 heterocycles. The molecule has 1 aliphatic rings. The maximum Gasteiger partial charge on any atom is 0.0393 e. The van der Waals surface area contributed by atoms with Gasteiger partial charge in [0.25, 0.3) is 0 Å². The van der Waals surface area contributed by atoms with Crippen molar-refractivity contribution in [3.63, 3.8) is 0 Å². The van der Waals surface area contributed by atoms with Gasteiger partial charge in [0.15, 0.2) is 0 Å². The third kappa shape index (κ3) is 2.52. The summed E-state index contributed by atoms with van der Waals surface area (Å²) in [5.41, 5.74) is 7.30. The van der Waals surface area contributed by atoms with Gasteiger partial charge in [0.05, 0.1) is 0 Å². The van der Waals surface area contributed by atoms with Gasteiger partial charge in [-0.05, 0) is 5.56 Å². The first kappa shape index (κ1) is 11.6. The molecule has 2 rings (SSSR count).